The van der Waals surface area contributed by atoms with Crippen LogP contribution in [0.2, 0.25) is 0 Å². The van der Waals surface area contributed by atoms with Crippen LogP contribution in [0.15, 0.2) is 30.3 Å². The van der Waals surface area contributed by atoms with Crippen LogP contribution in [-0.4, -0.2) is 20.0 Å². The third kappa shape index (κ3) is 2.91. The Labute approximate surface area is 149 Å². The Morgan fingerprint density at radius 1 is 1.26 bits per heavy atom. The molecule has 0 spiro atoms. The number of hydrogen-bond acceptors (Lipinski definition) is 4. The monoisotopic (exact) mass is 440 g/mol. The molecule has 2 heterocycles. The molecule has 0 aliphatic heterocycles. The smallest absolute Gasteiger partial charge is 0.163 e. The van der Waals surface area contributed by atoms with Gasteiger partial charge in [-0.05, 0) is 50.1 Å². The van der Waals surface area contributed by atoms with E-state index in [0.29, 0.717) is 11.9 Å². The second-order valence-corrected chi connectivity index (χ2v) is 7.39. The molecule has 1 saturated carbocycles. The van der Waals surface area contributed by atoms with Gasteiger partial charge in [-0.15, -0.1) is 0 Å². The third-order valence-corrected chi connectivity index (χ3v) is 5.66. The molecular formula is C16H14FIN4S. The summed E-state index contributed by atoms with van der Waals surface area (Å²) in [6.07, 6.45) is 2.36. The first-order valence-corrected chi connectivity index (χ1v) is 10.7. The van der Waals surface area contributed by atoms with Gasteiger partial charge in [-0.1, -0.05) is 0 Å². The van der Waals surface area contributed by atoms with Gasteiger partial charge in [0.15, 0.2) is 11.5 Å². The number of anilines is 1. The van der Waals surface area contributed by atoms with Crippen molar-refractivity contribution in [1.29, 1.82) is 0 Å². The van der Waals surface area contributed by atoms with Crippen molar-refractivity contribution in [1.82, 2.24) is 13.9 Å². The predicted octanol–water partition coefficient (Wildman–Crippen LogP) is 4.97. The fourth-order valence-corrected chi connectivity index (χ4v) is 4.38. The fourth-order valence-electron chi connectivity index (χ4n) is 2.53. The molecule has 0 amide bonds. The average molecular weight is 440 g/mol. The highest BCUT2D eigenvalue weighted by atomic mass is 127. The molecule has 3 aromatic rings. The summed E-state index contributed by atoms with van der Waals surface area (Å²) in [5, 5.41) is 4.53. The Morgan fingerprint density at radius 3 is 2.65 bits per heavy atom. The van der Waals surface area contributed by atoms with Gasteiger partial charge in [0.05, 0.1) is 5.39 Å². The lowest BCUT2D eigenvalue weighted by Gasteiger charge is -2.09. The van der Waals surface area contributed by atoms with Gasteiger partial charge in [0, 0.05) is 47.6 Å². The van der Waals surface area contributed by atoms with E-state index in [1.54, 1.807) is 21.3 Å². The van der Waals surface area contributed by atoms with Gasteiger partial charge in [-0.25, -0.2) is 14.4 Å². The quantitative estimate of drug-likeness (QED) is 0.583. The van der Waals surface area contributed by atoms with Crippen molar-refractivity contribution in [3.63, 3.8) is 0 Å². The summed E-state index contributed by atoms with van der Waals surface area (Å²) >= 11 is 2.25. The largest absolute Gasteiger partial charge is 0.367 e. The van der Waals surface area contributed by atoms with Crippen LogP contribution >= 0.6 is 30.3 Å². The van der Waals surface area contributed by atoms with E-state index >= 15 is 0 Å². The van der Waals surface area contributed by atoms with Crippen molar-refractivity contribution >= 4 is 47.2 Å². The maximum atomic E-state index is 13.2. The van der Waals surface area contributed by atoms with Crippen molar-refractivity contribution in [2.45, 2.75) is 25.8 Å². The molecule has 1 N–H and O–H groups in total. The molecule has 0 bridgehead atoms. The van der Waals surface area contributed by atoms with E-state index in [1.165, 1.54) is 25.0 Å². The second kappa shape index (κ2) is 5.94. The van der Waals surface area contributed by atoms with Crippen LogP contribution in [0, 0.1) is 12.7 Å². The van der Waals surface area contributed by atoms with Crippen LogP contribution in [0.4, 0.5) is 10.2 Å². The SMILES string of the molecule is Cc1cc2c(NC3CC3)nc(-c3ccc(F)cc3)nc2n1SI. The first-order chi connectivity index (χ1) is 11.2. The van der Waals surface area contributed by atoms with E-state index in [1.807, 2.05) is 0 Å². The summed E-state index contributed by atoms with van der Waals surface area (Å²) in [7, 11) is 1.59. The molecular weight excluding hydrogens is 426 g/mol. The van der Waals surface area contributed by atoms with Crippen LogP contribution in [0.25, 0.3) is 22.4 Å². The molecule has 0 atom stereocenters. The number of halogens is 2. The number of aryl methyl sites for hydroxylation is 1. The minimum absolute atomic E-state index is 0.256. The molecule has 4 rings (SSSR count). The summed E-state index contributed by atoms with van der Waals surface area (Å²) in [6, 6.07) is 8.93. The highest BCUT2D eigenvalue weighted by Gasteiger charge is 2.24. The maximum absolute atomic E-state index is 13.2. The zero-order valence-electron chi connectivity index (χ0n) is 12.4. The first kappa shape index (κ1) is 15.2. The minimum atomic E-state index is -0.256. The summed E-state index contributed by atoms with van der Waals surface area (Å²) in [5.41, 5.74) is 2.83. The summed E-state index contributed by atoms with van der Waals surface area (Å²) < 4.78 is 15.3. The number of rotatable bonds is 4. The van der Waals surface area contributed by atoms with E-state index in [2.05, 4.69) is 43.5 Å². The van der Waals surface area contributed by atoms with Gasteiger partial charge < -0.3 is 5.32 Å². The summed E-state index contributed by atoms with van der Waals surface area (Å²) in [6.45, 7) is 2.06. The average Bonchev–Trinajstić information content (AvgIpc) is 3.29. The molecule has 118 valence electrons. The van der Waals surface area contributed by atoms with Gasteiger partial charge >= 0.3 is 0 Å². The standard InChI is InChI=1S/C16H14FIN4S/c1-9-8-13-15(19-12-6-7-12)20-14(21-16(13)22(9)23-18)10-2-4-11(17)5-3-10/h2-5,8,12H,6-7H2,1H3,(H,19,20,21). The summed E-state index contributed by atoms with van der Waals surface area (Å²) in [5.74, 6) is 1.22. The van der Waals surface area contributed by atoms with Gasteiger partial charge in [0.25, 0.3) is 0 Å². The molecule has 1 aliphatic carbocycles. The van der Waals surface area contributed by atoms with E-state index in [4.69, 9.17) is 9.97 Å². The highest BCUT2D eigenvalue weighted by molar-refractivity contribution is 14.2. The van der Waals surface area contributed by atoms with Crippen LogP contribution in [0.1, 0.15) is 18.5 Å². The van der Waals surface area contributed by atoms with E-state index < -0.39 is 0 Å². The normalized spacial score (nSPS) is 14.4. The molecule has 1 fully saturated rings. The Hall–Kier alpha value is -1.35. The zero-order valence-corrected chi connectivity index (χ0v) is 15.4. The van der Waals surface area contributed by atoms with Crippen LogP contribution in [0.5, 0.6) is 0 Å². The first-order valence-electron chi connectivity index (χ1n) is 7.37. The minimum Gasteiger partial charge on any atom is -0.367 e. The number of nitrogens with zero attached hydrogens (tertiary/aromatic N) is 3. The lowest BCUT2D eigenvalue weighted by Crippen LogP contribution is -2.05. The molecule has 7 heteroatoms. The molecule has 23 heavy (non-hydrogen) atoms. The van der Waals surface area contributed by atoms with Gasteiger partial charge in [-0.2, -0.15) is 0 Å². The molecule has 1 aliphatic rings. The van der Waals surface area contributed by atoms with E-state index in [9.17, 15) is 4.39 Å². The van der Waals surface area contributed by atoms with Crippen LogP contribution < -0.4 is 5.32 Å². The maximum Gasteiger partial charge on any atom is 0.163 e. The Kier molecular flexibility index (Phi) is 3.92. The molecule has 2 aromatic heterocycles. The number of hydrogen-bond donors (Lipinski definition) is 1. The van der Waals surface area contributed by atoms with Crippen molar-refractivity contribution in [3.05, 3.63) is 41.8 Å². The van der Waals surface area contributed by atoms with Crippen molar-refractivity contribution in [2.24, 2.45) is 0 Å². The van der Waals surface area contributed by atoms with E-state index in [0.717, 1.165) is 28.1 Å². The topological polar surface area (TPSA) is 42.7 Å². The second-order valence-electron chi connectivity index (χ2n) is 5.71. The molecule has 0 unspecified atom stereocenters. The fraction of sp³-hybridized carbons (Fsp3) is 0.250. The molecule has 0 saturated heterocycles. The van der Waals surface area contributed by atoms with E-state index in [-0.39, 0.29) is 5.82 Å². The summed E-state index contributed by atoms with van der Waals surface area (Å²) in [4.78, 5) is 9.42. The number of fused-ring (bicyclic) bond motifs is 1. The molecule has 1 aromatic carbocycles. The lowest BCUT2D eigenvalue weighted by atomic mass is 10.2. The Bertz CT molecular complexity index is 874. The zero-order chi connectivity index (χ0) is 16.0. The predicted molar refractivity (Wildman–Crippen MR) is 101 cm³/mol. The molecule has 0 radical (unpaired) electrons. The van der Waals surface area contributed by atoms with Crippen molar-refractivity contribution in [3.8, 4) is 11.4 Å². The Balaban J connectivity index is 1.91. The van der Waals surface area contributed by atoms with Gasteiger partial charge in [-0.3, -0.25) is 3.97 Å². The lowest BCUT2D eigenvalue weighted by molar-refractivity contribution is 0.628. The van der Waals surface area contributed by atoms with Crippen molar-refractivity contribution in [2.75, 3.05) is 5.32 Å². The number of nitrogens with one attached hydrogen (secondary N) is 1. The Morgan fingerprint density at radius 2 is 2.00 bits per heavy atom. The van der Waals surface area contributed by atoms with Gasteiger partial charge in [0.1, 0.15) is 11.6 Å². The number of aromatic nitrogens is 3. The highest BCUT2D eigenvalue weighted by Crippen LogP contribution is 2.34. The van der Waals surface area contributed by atoms with Crippen molar-refractivity contribution < 1.29 is 4.39 Å². The van der Waals surface area contributed by atoms with Crippen LogP contribution in [-0.2, 0) is 0 Å². The van der Waals surface area contributed by atoms with Gasteiger partial charge in [0.2, 0.25) is 0 Å². The van der Waals surface area contributed by atoms with Crippen LogP contribution in [0.3, 0.4) is 0 Å². The third-order valence-electron chi connectivity index (χ3n) is 3.88. The molecule has 4 nitrogen and oxygen atoms in total. The number of benzene rings is 1.